The molecule has 2 rings (SSSR count). The molecule has 0 unspecified atom stereocenters. The van der Waals surface area contributed by atoms with Gasteiger partial charge in [-0.1, -0.05) is 0 Å². The van der Waals surface area contributed by atoms with E-state index in [1.165, 1.54) is 12.8 Å². The molecule has 2 fully saturated rings. The van der Waals surface area contributed by atoms with Crippen LogP contribution in [0, 0.1) is 5.92 Å². The molecule has 8 heteroatoms. The molecule has 1 aliphatic carbocycles. The first kappa shape index (κ1) is 24.7. The van der Waals surface area contributed by atoms with Crippen LogP contribution in [0.2, 0.25) is 0 Å². The van der Waals surface area contributed by atoms with Crippen molar-refractivity contribution in [2.45, 2.75) is 59.0 Å². The minimum absolute atomic E-state index is 0.201. The average Bonchev–Trinajstić information content (AvgIpc) is 3.51. The van der Waals surface area contributed by atoms with Crippen LogP contribution >= 0.6 is 0 Å². The summed E-state index contributed by atoms with van der Waals surface area (Å²) in [5.41, 5.74) is -0.435. The summed E-state index contributed by atoms with van der Waals surface area (Å²) in [6.07, 6.45) is 4.48. The van der Waals surface area contributed by atoms with Crippen LogP contribution in [0.25, 0.3) is 0 Å². The first-order chi connectivity index (χ1) is 14.4. The Morgan fingerprint density at radius 3 is 2.47 bits per heavy atom. The quantitative estimate of drug-likeness (QED) is 0.300. The lowest BCUT2D eigenvalue weighted by Crippen LogP contribution is -2.50. The van der Waals surface area contributed by atoms with E-state index in [-0.39, 0.29) is 6.09 Å². The standard InChI is InChI=1S/C22H43N5O3/c1-5-23-20(25-11-7-17-29-18-19-8-9-19)24-10-6-12-26-13-15-27(16-14-26)21(28)30-22(2,3)4/h19H,5-18H2,1-4H3,(H2,23,24,25). The van der Waals surface area contributed by atoms with E-state index in [0.29, 0.717) is 0 Å². The van der Waals surface area contributed by atoms with Crippen molar-refractivity contribution in [2.75, 3.05) is 65.6 Å². The molecule has 0 atom stereocenters. The molecule has 0 aromatic heterocycles. The summed E-state index contributed by atoms with van der Waals surface area (Å²) in [5, 5.41) is 6.72. The Hall–Kier alpha value is -1.54. The van der Waals surface area contributed by atoms with Crippen molar-refractivity contribution in [3.63, 3.8) is 0 Å². The lowest BCUT2D eigenvalue weighted by atomic mass is 10.2. The van der Waals surface area contributed by atoms with E-state index in [9.17, 15) is 4.79 Å². The molecule has 0 spiro atoms. The molecule has 1 saturated heterocycles. The highest BCUT2D eigenvalue weighted by Crippen LogP contribution is 2.28. The fraction of sp³-hybridized carbons (Fsp3) is 0.909. The van der Waals surface area contributed by atoms with E-state index in [2.05, 4.69) is 27.4 Å². The molecule has 0 aromatic carbocycles. The van der Waals surface area contributed by atoms with E-state index in [1.807, 2.05) is 25.7 Å². The molecule has 0 radical (unpaired) electrons. The van der Waals surface area contributed by atoms with Gasteiger partial charge in [0.25, 0.3) is 0 Å². The number of hydrogen-bond donors (Lipinski definition) is 2. The fourth-order valence-corrected chi connectivity index (χ4v) is 3.22. The largest absolute Gasteiger partial charge is 0.444 e. The number of carbonyl (C=O) groups excluding carboxylic acids is 1. The fourth-order valence-electron chi connectivity index (χ4n) is 3.22. The third kappa shape index (κ3) is 11.0. The Bertz CT molecular complexity index is 523. The number of ether oxygens (including phenoxy) is 2. The number of piperazine rings is 1. The maximum absolute atomic E-state index is 12.1. The van der Waals surface area contributed by atoms with E-state index in [4.69, 9.17) is 9.47 Å². The van der Waals surface area contributed by atoms with E-state index >= 15 is 0 Å². The Labute approximate surface area is 182 Å². The monoisotopic (exact) mass is 425 g/mol. The van der Waals surface area contributed by atoms with Crippen LogP contribution < -0.4 is 10.6 Å². The summed E-state index contributed by atoms with van der Waals surface area (Å²) in [6.45, 7) is 16.3. The van der Waals surface area contributed by atoms with Gasteiger partial charge in [-0.15, -0.1) is 0 Å². The van der Waals surface area contributed by atoms with Gasteiger partial charge in [0.2, 0.25) is 0 Å². The number of carbonyl (C=O) groups is 1. The van der Waals surface area contributed by atoms with Crippen molar-refractivity contribution < 1.29 is 14.3 Å². The Morgan fingerprint density at radius 1 is 1.10 bits per heavy atom. The molecule has 1 amide bonds. The number of rotatable bonds is 11. The van der Waals surface area contributed by atoms with Gasteiger partial charge in [-0.2, -0.15) is 0 Å². The van der Waals surface area contributed by atoms with Crippen molar-refractivity contribution in [3.05, 3.63) is 0 Å². The predicted octanol–water partition coefficient (Wildman–Crippen LogP) is 2.30. The van der Waals surface area contributed by atoms with Gasteiger partial charge in [0.1, 0.15) is 5.60 Å². The Morgan fingerprint density at radius 2 is 1.83 bits per heavy atom. The normalized spacial score (nSPS) is 18.4. The van der Waals surface area contributed by atoms with Gasteiger partial charge in [-0.3, -0.25) is 9.89 Å². The number of hydrogen-bond acceptors (Lipinski definition) is 5. The lowest BCUT2D eigenvalue weighted by Gasteiger charge is -2.35. The highest BCUT2D eigenvalue weighted by atomic mass is 16.6. The van der Waals surface area contributed by atoms with Crippen LogP contribution in [0.3, 0.4) is 0 Å². The van der Waals surface area contributed by atoms with Crippen LogP contribution in [0.1, 0.15) is 53.4 Å². The number of guanidine groups is 1. The van der Waals surface area contributed by atoms with Gasteiger partial charge in [-0.05, 0) is 65.8 Å². The van der Waals surface area contributed by atoms with E-state index in [1.54, 1.807) is 0 Å². The minimum atomic E-state index is -0.435. The molecule has 174 valence electrons. The molecular formula is C22H43N5O3. The zero-order valence-corrected chi connectivity index (χ0v) is 19.5. The second-order valence-corrected chi connectivity index (χ2v) is 9.22. The molecule has 1 heterocycles. The van der Waals surface area contributed by atoms with Crippen LogP contribution in [0.15, 0.2) is 4.99 Å². The topological polar surface area (TPSA) is 78.4 Å². The molecule has 2 N–H and O–H groups in total. The minimum Gasteiger partial charge on any atom is -0.444 e. The summed E-state index contributed by atoms with van der Waals surface area (Å²) in [4.78, 5) is 21.0. The zero-order valence-electron chi connectivity index (χ0n) is 19.5. The lowest BCUT2D eigenvalue weighted by molar-refractivity contribution is 0.0145. The van der Waals surface area contributed by atoms with Crippen LogP contribution in [-0.2, 0) is 9.47 Å². The molecule has 1 aliphatic heterocycles. The molecule has 0 aromatic rings. The van der Waals surface area contributed by atoms with E-state index < -0.39 is 5.60 Å². The van der Waals surface area contributed by atoms with Crippen molar-refractivity contribution in [1.82, 2.24) is 20.4 Å². The molecule has 8 nitrogen and oxygen atoms in total. The SMILES string of the molecule is CCNC(=NCCCOCC1CC1)NCCCN1CCN(C(=O)OC(C)(C)C)CC1. The molecule has 2 aliphatic rings. The second-order valence-electron chi connectivity index (χ2n) is 9.22. The number of nitrogens with zero attached hydrogens (tertiary/aromatic N) is 3. The third-order valence-corrected chi connectivity index (χ3v) is 5.08. The maximum Gasteiger partial charge on any atom is 0.410 e. The Kier molecular flexibility index (Phi) is 10.7. The average molecular weight is 426 g/mol. The van der Waals surface area contributed by atoms with Gasteiger partial charge in [-0.25, -0.2) is 4.79 Å². The molecule has 1 saturated carbocycles. The van der Waals surface area contributed by atoms with Crippen LogP contribution in [0.5, 0.6) is 0 Å². The van der Waals surface area contributed by atoms with Gasteiger partial charge >= 0.3 is 6.09 Å². The van der Waals surface area contributed by atoms with Crippen LogP contribution in [0.4, 0.5) is 4.79 Å². The van der Waals surface area contributed by atoms with Crippen molar-refractivity contribution in [2.24, 2.45) is 10.9 Å². The number of nitrogens with one attached hydrogen (secondary N) is 2. The highest BCUT2D eigenvalue weighted by Gasteiger charge is 2.25. The summed E-state index contributed by atoms with van der Waals surface area (Å²) >= 11 is 0. The molecule has 0 bridgehead atoms. The Balaban J connectivity index is 1.54. The van der Waals surface area contributed by atoms with Gasteiger partial charge in [0, 0.05) is 59.0 Å². The first-order valence-corrected chi connectivity index (χ1v) is 11.7. The third-order valence-electron chi connectivity index (χ3n) is 5.08. The second kappa shape index (κ2) is 13.0. The molecule has 30 heavy (non-hydrogen) atoms. The number of amides is 1. The van der Waals surface area contributed by atoms with Crippen molar-refractivity contribution in [3.8, 4) is 0 Å². The summed E-state index contributed by atoms with van der Waals surface area (Å²) < 4.78 is 11.1. The van der Waals surface area contributed by atoms with Gasteiger partial charge in [0.15, 0.2) is 5.96 Å². The van der Waals surface area contributed by atoms with Crippen molar-refractivity contribution in [1.29, 1.82) is 0 Å². The smallest absolute Gasteiger partial charge is 0.410 e. The maximum atomic E-state index is 12.1. The first-order valence-electron chi connectivity index (χ1n) is 11.7. The van der Waals surface area contributed by atoms with Gasteiger partial charge < -0.3 is 25.0 Å². The summed E-state index contributed by atoms with van der Waals surface area (Å²) in [5.74, 6) is 1.71. The van der Waals surface area contributed by atoms with Crippen molar-refractivity contribution >= 4 is 12.1 Å². The predicted molar refractivity (Wildman–Crippen MR) is 121 cm³/mol. The zero-order chi connectivity index (χ0) is 21.8. The summed E-state index contributed by atoms with van der Waals surface area (Å²) in [7, 11) is 0. The molecular weight excluding hydrogens is 382 g/mol. The van der Waals surface area contributed by atoms with Gasteiger partial charge in [0.05, 0.1) is 0 Å². The van der Waals surface area contributed by atoms with Crippen LogP contribution in [-0.4, -0.2) is 93.0 Å². The number of aliphatic imine (C=N–C) groups is 1. The highest BCUT2D eigenvalue weighted by molar-refractivity contribution is 5.79. The van der Waals surface area contributed by atoms with E-state index in [0.717, 1.165) is 90.3 Å². The summed E-state index contributed by atoms with van der Waals surface area (Å²) in [6, 6.07) is 0.